The van der Waals surface area contributed by atoms with Crippen LogP contribution < -0.4 is 5.32 Å². The molecule has 19 heavy (non-hydrogen) atoms. The van der Waals surface area contributed by atoms with Crippen molar-refractivity contribution in [1.82, 2.24) is 4.90 Å². The second kappa shape index (κ2) is 8.53. The van der Waals surface area contributed by atoms with E-state index in [0.29, 0.717) is 13.2 Å². The number of hydrogen-bond acceptors (Lipinski definition) is 3. The van der Waals surface area contributed by atoms with Gasteiger partial charge in [-0.2, -0.15) is 0 Å². The molecule has 0 heterocycles. The van der Waals surface area contributed by atoms with Gasteiger partial charge in [0.25, 0.3) is 0 Å². The number of anilines is 1. The second-order valence-electron chi connectivity index (χ2n) is 4.32. The molecule has 0 aromatic heterocycles. The predicted molar refractivity (Wildman–Crippen MR) is 78.4 cm³/mol. The molecule has 4 heteroatoms. The van der Waals surface area contributed by atoms with Gasteiger partial charge in [-0.15, -0.1) is 0 Å². The number of para-hydroxylation sites is 1. The SMILES string of the molecule is CCN(CC)C(=O)CNc1ccccc1CCOC. The Labute approximate surface area is 115 Å². The Morgan fingerprint density at radius 3 is 2.58 bits per heavy atom. The van der Waals surface area contributed by atoms with Crippen LogP contribution in [0.2, 0.25) is 0 Å². The van der Waals surface area contributed by atoms with E-state index in [9.17, 15) is 4.79 Å². The summed E-state index contributed by atoms with van der Waals surface area (Å²) in [6, 6.07) is 8.03. The molecule has 0 aliphatic rings. The lowest BCUT2D eigenvalue weighted by atomic mass is 10.1. The van der Waals surface area contributed by atoms with E-state index >= 15 is 0 Å². The van der Waals surface area contributed by atoms with Crippen molar-refractivity contribution in [3.63, 3.8) is 0 Å². The average Bonchev–Trinajstić information content (AvgIpc) is 2.45. The van der Waals surface area contributed by atoms with Crippen molar-refractivity contribution < 1.29 is 9.53 Å². The third-order valence-electron chi connectivity index (χ3n) is 3.14. The third kappa shape index (κ3) is 4.91. The number of amides is 1. The normalized spacial score (nSPS) is 10.3. The van der Waals surface area contributed by atoms with Crippen LogP contribution in [0.3, 0.4) is 0 Å². The van der Waals surface area contributed by atoms with E-state index in [-0.39, 0.29) is 5.91 Å². The minimum absolute atomic E-state index is 0.131. The number of nitrogens with zero attached hydrogens (tertiary/aromatic N) is 1. The van der Waals surface area contributed by atoms with Gasteiger partial charge in [-0.25, -0.2) is 0 Å². The Balaban J connectivity index is 2.59. The number of nitrogens with one attached hydrogen (secondary N) is 1. The van der Waals surface area contributed by atoms with E-state index < -0.39 is 0 Å². The smallest absolute Gasteiger partial charge is 0.241 e. The van der Waals surface area contributed by atoms with Crippen LogP contribution in [0.4, 0.5) is 5.69 Å². The fraction of sp³-hybridized carbons (Fsp3) is 0.533. The summed E-state index contributed by atoms with van der Waals surface area (Å²) >= 11 is 0. The van der Waals surface area contributed by atoms with Gasteiger partial charge >= 0.3 is 0 Å². The number of carbonyl (C=O) groups is 1. The van der Waals surface area contributed by atoms with Crippen molar-refractivity contribution in [3.8, 4) is 0 Å². The summed E-state index contributed by atoms with van der Waals surface area (Å²) < 4.78 is 5.10. The molecule has 0 aliphatic carbocycles. The number of carbonyl (C=O) groups excluding carboxylic acids is 1. The number of hydrogen-bond donors (Lipinski definition) is 1. The van der Waals surface area contributed by atoms with Gasteiger partial charge in [-0.1, -0.05) is 18.2 Å². The molecule has 1 amide bonds. The molecule has 0 spiro atoms. The number of likely N-dealkylation sites (N-methyl/N-ethyl adjacent to an activating group) is 1. The maximum atomic E-state index is 11.9. The highest BCUT2D eigenvalue weighted by molar-refractivity contribution is 5.81. The Kier molecular flexibility index (Phi) is 6.97. The molecule has 0 atom stereocenters. The van der Waals surface area contributed by atoms with Gasteiger partial charge in [0.1, 0.15) is 0 Å². The van der Waals surface area contributed by atoms with Gasteiger partial charge in [0.05, 0.1) is 13.2 Å². The summed E-state index contributed by atoms with van der Waals surface area (Å²) in [5.74, 6) is 0.131. The van der Waals surface area contributed by atoms with E-state index in [1.807, 2.05) is 36.9 Å². The molecule has 0 bridgehead atoms. The zero-order valence-corrected chi connectivity index (χ0v) is 12.1. The average molecular weight is 264 g/mol. The second-order valence-corrected chi connectivity index (χ2v) is 4.32. The van der Waals surface area contributed by atoms with Crippen LogP contribution in [-0.4, -0.2) is 44.2 Å². The molecule has 0 aliphatic heterocycles. The van der Waals surface area contributed by atoms with Crippen molar-refractivity contribution in [3.05, 3.63) is 29.8 Å². The lowest BCUT2D eigenvalue weighted by Gasteiger charge is -2.19. The fourth-order valence-electron chi connectivity index (χ4n) is 1.98. The molecular weight excluding hydrogens is 240 g/mol. The number of methoxy groups -OCH3 is 1. The quantitative estimate of drug-likeness (QED) is 0.782. The molecule has 1 aromatic carbocycles. The van der Waals surface area contributed by atoms with E-state index in [1.165, 1.54) is 5.56 Å². The summed E-state index contributed by atoms with van der Waals surface area (Å²) in [7, 11) is 1.69. The molecule has 106 valence electrons. The summed E-state index contributed by atoms with van der Waals surface area (Å²) in [6.07, 6.45) is 0.846. The van der Waals surface area contributed by atoms with Gasteiger partial charge in [0.2, 0.25) is 5.91 Å². The summed E-state index contributed by atoms with van der Waals surface area (Å²) in [6.45, 7) is 6.51. The fourth-order valence-corrected chi connectivity index (χ4v) is 1.98. The molecule has 0 radical (unpaired) electrons. The number of rotatable bonds is 8. The Bertz CT molecular complexity index is 389. The Hall–Kier alpha value is -1.55. The zero-order chi connectivity index (χ0) is 14.1. The predicted octanol–water partition coefficient (Wildman–Crippen LogP) is 2.16. The molecule has 1 N–H and O–H groups in total. The standard InChI is InChI=1S/C15H24N2O2/c1-4-17(5-2)15(18)12-16-14-9-7-6-8-13(14)10-11-19-3/h6-9,16H,4-5,10-12H2,1-3H3. The molecule has 4 nitrogen and oxygen atoms in total. The lowest BCUT2D eigenvalue weighted by Crippen LogP contribution is -2.35. The monoisotopic (exact) mass is 264 g/mol. The first kappa shape index (κ1) is 15.5. The largest absolute Gasteiger partial charge is 0.384 e. The molecular formula is C15H24N2O2. The Morgan fingerprint density at radius 2 is 1.95 bits per heavy atom. The molecule has 1 rings (SSSR count). The Morgan fingerprint density at radius 1 is 1.26 bits per heavy atom. The molecule has 0 fully saturated rings. The summed E-state index contributed by atoms with van der Waals surface area (Å²) in [5.41, 5.74) is 2.19. The van der Waals surface area contributed by atoms with Crippen molar-refractivity contribution >= 4 is 11.6 Å². The molecule has 0 saturated heterocycles. The van der Waals surface area contributed by atoms with Crippen LogP contribution in [-0.2, 0) is 16.0 Å². The third-order valence-corrected chi connectivity index (χ3v) is 3.14. The number of ether oxygens (including phenoxy) is 1. The van der Waals surface area contributed by atoms with Crippen LogP contribution in [0, 0.1) is 0 Å². The van der Waals surface area contributed by atoms with Crippen LogP contribution >= 0.6 is 0 Å². The van der Waals surface area contributed by atoms with Crippen molar-refractivity contribution in [1.29, 1.82) is 0 Å². The minimum Gasteiger partial charge on any atom is -0.384 e. The van der Waals surface area contributed by atoms with E-state index in [1.54, 1.807) is 7.11 Å². The van der Waals surface area contributed by atoms with Crippen LogP contribution in [0.1, 0.15) is 19.4 Å². The number of benzene rings is 1. The van der Waals surface area contributed by atoms with Gasteiger partial charge < -0.3 is 15.0 Å². The first-order valence-electron chi connectivity index (χ1n) is 6.81. The van der Waals surface area contributed by atoms with Crippen molar-refractivity contribution in [2.75, 3.05) is 38.7 Å². The highest BCUT2D eigenvalue weighted by Gasteiger charge is 2.09. The molecule has 0 unspecified atom stereocenters. The first-order chi connectivity index (χ1) is 9.22. The lowest BCUT2D eigenvalue weighted by molar-refractivity contribution is -0.128. The van der Waals surface area contributed by atoms with Gasteiger partial charge in [0.15, 0.2) is 0 Å². The summed E-state index contributed by atoms with van der Waals surface area (Å²) in [4.78, 5) is 13.8. The van der Waals surface area contributed by atoms with Gasteiger partial charge in [0, 0.05) is 25.9 Å². The van der Waals surface area contributed by atoms with Crippen molar-refractivity contribution in [2.45, 2.75) is 20.3 Å². The van der Waals surface area contributed by atoms with E-state index in [4.69, 9.17) is 4.74 Å². The van der Waals surface area contributed by atoms with Crippen molar-refractivity contribution in [2.24, 2.45) is 0 Å². The van der Waals surface area contributed by atoms with Gasteiger partial charge in [-0.05, 0) is 31.9 Å². The minimum atomic E-state index is 0.131. The summed E-state index contributed by atoms with van der Waals surface area (Å²) in [5, 5.41) is 3.22. The van der Waals surface area contributed by atoms with Crippen LogP contribution in [0.25, 0.3) is 0 Å². The topological polar surface area (TPSA) is 41.6 Å². The highest BCUT2D eigenvalue weighted by Crippen LogP contribution is 2.15. The zero-order valence-electron chi connectivity index (χ0n) is 12.1. The first-order valence-corrected chi connectivity index (χ1v) is 6.81. The van der Waals surface area contributed by atoms with E-state index in [0.717, 1.165) is 25.2 Å². The molecule has 1 aromatic rings. The maximum absolute atomic E-state index is 11.9. The highest BCUT2D eigenvalue weighted by atomic mass is 16.5. The molecule has 0 saturated carbocycles. The van der Waals surface area contributed by atoms with Gasteiger partial charge in [-0.3, -0.25) is 4.79 Å². The maximum Gasteiger partial charge on any atom is 0.241 e. The van der Waals surface area contributed by atoms with Crippen LogP contribution in [0.5, 0.6) is 0 Å². The van der Waals surface area contributed by atoms with E-state index in [2.05, 4.69) is 11.4 Å². The van der Waals surface area contributed by atoms with Crippen LogP contribution in [0.15, 0.2) is 24.3 Å².